The summed E-state index contributed by atoms with van der Waals surface area (Å²) in [6.45, 7) is 4.55. The van der Waals surface area contributed by atoms with Gasteiger partial charge in [-0.3, -0.25) is 0 Å². The van der Waals surface area contributed by atoms with Crippen molar-refractivity contribution in [3.63, 3.8) is 0 Å². The van der Waals surface area contributed by atoms with E-state index in [0.29, 0.717) is 6.10 Å². The van der Waals surface area contributed by atoms with E-state index in [0.717, 1.165) is 11.8 Å². The number of methoxy groups -OCH3 is 1. The summed E-state index contributed by atoms with van der Waals surface area (Å²) in [4.78, 5) is 0. The van der Waals surface area contributed by atoms with Gasteiger partial charge in [0.05, 0.1) is 6.10 Å². The molecule has 0 amide bonds. The highest BCUT2D eigenvalue weighted by Gasteiger charge is 2.32. The Kier molecular flexibility index (Phi) is 2.12. The van der Waals surface area contributed by atoms with Gasteiger partial charge in [0, 0.05) is 7.11 Å². The average Bonchev–Trinajstić information content (AvgIpc) is 1.61. The smallest absolute Gasteiger partial charge is 0.0602 e. The molecule has 9 heavy (non-hydrogen) atoms. The van der Waals surface area contributed by atoms with Gasteiger partial charge in [-0.1, -0.05) is 13.8 Å². The van der Waals surface area contributed by atoms with Crippen molar-refractivity contribution >= 4 is 0 Å². The minimum atomic E-state index is 0.574. The van der Waals surface area contributed by atoms with Crippen LogP contribution in [0, 0.1) is 11.8 Å². The molecule has 0 spiro atoms. The Labute approximate surface area is 57.4 Å². The first-order valence-electron chi connectivity index (χ1n) is 3.78. The van der Waals surface area contributed by atoms with Crippen LogP contribution in [0.25, 0.3) is 0 Å². The molecule has 1 saturated carbocycles. The van der Waals surface area contributed by atoms with Crippen LogP contribution in [0.4, 0.5) is 0 Å². The third-order valence-corrected chi connectivity index (χ3v) is 2.42. The summed E-state index contributed by atoms with van der Waals surface area (Å²) in [5, 5.41) is 0. The van der Waals surface area contributed by atoms with Crippen molar-refractivity contribution in [1.82, 2.24) is 0 Å². The van der Waals surface area contributed by atoms with Gasteiger partial charge in [0.25, 0.3) is 0 Å². The lowest BCUT2D eigenvalue weighted by Crippen LogP contribution is -2.36. The third kappa shape index (κ3) is 1.26. The second-order valence-corrected chi connectivity index (χ2v) is 3.26. The Hall–Kier alpha value is -0.0400. The minimum Gasteiger partial charge on any atom is -0.381 e. The van der Waals surface area contributed by atoms with Crippen LogP contribution in [0.2, 0.25) is 0 Å². The number of hydrogen-bond donors (Lipinski definition) is 0. The summed E-state index contributed by atoms with van der Waals surface area (Å²) < 4.78 is 5.26. The molecule has 1 aliphatic rings. The predicted octanol–water partition coefficient (Wildman–Crippen LogP) is 2.07. The van der Waals surface area contributed by atoms with Crippen LogP contribution in [0.15, 0.2) is 0 Å². The van der Waals surface area contributed by atoms with Gasteiger partial charge >= 0.3 is 0 Å². The molecular weight excluding hydrogens is 112 g/mol. The fraction of sp³-hybridized carbons (Fsp3) is 1.00. The van der Waals surface area contributed by atoms with Gasteiger partial charge in [0.15, 0.2) is 0 Å². The van der Waals surface area contributed by atoms with Crippen molar-refractivity contribution in [3.05, 3.63) is 0 Å². The summed E-state index contributed by atoms with van der Waals surface area (Å²) in [7, 11) is 1.82. The molecule has 0 heterocycles. The molecule has 1 nitrogen and oxygen atoms in total. The van der Waals surface area contributed by atoms with E-state index >= 15 is 0 Å². The highest BCUT2D eigenvalue weighted by molar-refractivity contribution is 4.83. The van der Waals surface area contributed by atoms with E-state index in [1.54, 1.807) is 0 Å². The molecule has 1 fully saturated rings. The molecule has 0 aliphatic heterocycles. The Balaban J connectivity index is 2.27. The Bertz CT molecular complexity index is 86.6. The molecule has 0 aromatic rings. The molecule has 0 N–H and O–H groups in total. The molecule has 0 radical (unpaired) electrons. The van der Waals surface area contributed by atoms with Gasteiger partial charge in [-0.05, 0) is 24.7 Å². The number of rotatable bonds is 2. The Morgan fingerprint density at radius 3 is 2.11 bits per heavy atom. The van der Waals surface area contributed by atoms with Gasteiger partial charge in [-0.15, -0.1) is 0 Å². The van der Waals surface area contributed by atoms with E-state index in [4.69, 9.17) is 4.74 Å². The monoisotopic (exact) mass is 128 g/mol. The Morgan fingerprint density at radius 2 is 2.00 bits per heavy atom. The fourth-order valence-corrected chi connectivity index (χ4v) is 1.55. The zero-order chi connectivity index (χ0) is 6.85. The van der Waals surface area contributed by atoms with Crippen molar-refractivity contribution in [1.29, 1.82) is 0 Å². The summed E-state index contributed by atoms with van der Waals surface area (Å²) >= 11 is 0. The lowest BCUT2D eigenvalue weighted by atomic mass is 9.75. The highest BCUT2D eigenvalue weighted by atomic mass is 16.5. The number of ether oxygens (including phenoxy) is 1. The normalized spacial score (nSPS) is 34.7. The summed E-state index contributed by atoms with van der Waals surface area (Å²) in [6, 6.07) is 0. The molecule has 1 aliphatic carbocycles. The SMILES string of the molecule is CO[C@@H]1CC[C@H]1C(C)C. The first-order chi connectivity index (χ1) is 4.25. The van der Waals surface area contributed by atoms with Crippen LogP contribution in [-0.4, -0.2) is 13.2 Å². The first kappa shape index (κ1) is 7.07. The van der Waals surface area contributed by atoms with Crippen LogP contribution in [0.3, 0.4) is 0 Å². The molecule has 2 atom stereocenters. The predicted molar refractivity (Wildman–Crippen MR) is 38.4 cm³/mol. The van der Waals surface area contributed by atoms with Crippen molar-refractivity contribution in [2.24, 2.45) is 11.8 Å². The molecule has 1 heteroatoms. The van der Waals surface area contributed by atoms with Gasteiger partial charge in [0.1, 0.15) is 0 Å². The van der Waals surface area contributed by atoms with Crippen molar-refractivity contribution in [2.75, 3.05) is 7.11 Å². The second-order valence-electron chi connectivity index (χ2n) is 3.26. The van der Waals surface area contributed by atoms with Gasteiger partial charge in [-0.2, -0.15) is 0 Å². The summed E-state index contributed by atoms with van der Waals surface area (Å²) in [6.07, 6.45) is 3.22. The van der Waals surface area contributed by atoms with E-state index in [9.17, 15) is 0 Å². The molecule has 0 saturated heterocycles. The maximum absolute atomic E-state index is 5.26. The fourth-order valence-electron chi connectivity index (χ4n) is 1.55. The molecule has 0 bridgehead atoms. The zero-order valence-corrected chi connectivity index (χ0v) is 6.55. The lowest BCUT2D eigenvalue weighted by Gasteiger charge is -2.38. The second kappa shape index (κ2) is 2.70. The van der Waals surface area contributed by atoms with Crippen molar-refractivity contribution in [2.45, 2.75) is 32.8 Å². The van der Waals surface area contributed by atoms with E-state index in [2.05, 4.69) is 13.8 Å². The van der Waals surface area contributed by atoms with Gasteiger partial charge in [-0.25, -0.2) is 0 Å². The third-order valence-electron chi connectivity index (χ3n) is 2.42. The first-order valence-corrected chi connectivity index (χ1v) is 3.78. The van der Waals surface area contributed by atoms with Gasteiger partial charge < -0.3 is 4.74 Å². The minimum absolute atomic E-state index is 0.574. The standard InChI is InChI=1S/C8H16O/c1-6(2)7-4-5-8(7)9-3/h6-8H,4-5H2,1-3H3/t7-,8+/m0/s1. The molecule has 0 aromatic carbocycles. The van der Waals surface area contributed by atoms with E-state index in [1.807, 2.05) is 7.11 Å². The van der Waals surface area contributed by atoms with E-state index < -0.39 is 0 Å². The topological polar surface area (TPSA) is 9.23 Å². The highest BCUT2D eigenvalue weighted by Crippen LogP contribution is 2.35. The van der Waals surface area contributed by atoms with Crippen molar-refractivity contribution < 1.29 is 4.74 Å². The van der Waals surface area contributed by atoms with Gasteiger partial charge in [0.2, 0.25) is 0 Å². The quantitative estimate of drug-likeness (QED) is 0.553. The van der Waals surface area contributed by atoms with Crippen LogP contribution < -0.4 is 0 Å². The molecule has 0 aromatic heterocycles. The lowest BCUT2D eigenvalue weighted by molar-refractivity contribution is -0.0361. The Morgan fingerprint density at radius 1 is 1.33 bits per heavy atom. The maximum atomic E-state index is 5.26. The summed E-state index contributed by atoms with van der Waals surface area (Å²) in [5.74, 6) is 1.65. The average molecular weight is 128 g/mol. The maximum Gasteiger partial charge on any atom is 0.0602 e. The molecule has 54 valence electrons. The van der Waals surface area contributed by atoms with E-state index in [1.165, 1.54) is 12.8 Å². The van der Waals surface area contributed by atoms with E-state index in [-0.39, 0.29) is 0 Å². The van der Waals surface area contributed by atoms with Crippen LogP contribution >= 0.6 is 0 Å². The molecule has 0 unspecified atom stereocenters. The number of hydrogen-bond acceptors (Lipinski definition) is 1. The van der Waals surface area contributed by atoms with Crippen LogP contribution in [-0.2, 0) is 4.74 Å². The zero-order valence-electron chi connectivity index (χ0n) is 6.55. The van der Waals surface area contributed by atoms with Crippen LogP contribution in [0.1, 0.15) is 26.7 Å². The molecular formula is C8H16O. The largest absolute Gasteiger partial charge is 0.381 e. The summed E-state index contributed by atoms with van der Waals surface area (Å²) in [5.41, 5.74) is 0. The van der Waals surface area contributed by atoms with Crippen molar-refractivity contribution in [3.8, 4) is 0 Å². The van der Waals surface area contributed by atoms with Crippen LogP contribution in [0.5, 0.6) is 0 Å². The molecule has 1 rings (SSSR count).